The first-order valence-electron chi connectivity index (χ1n) is 13.9. The maximum atomic E-state index is 14.0. The number of pyridine rings is 1. The van der Waals surface area contributed by atoms with Crippen molar-refractivity contribution in [2.45, 2.75) is 19.9 Å². The van der Waals surface area contributed by atoms with E-state index in [0.717, 1.165) is 47.3 Å². The SMILES string of the molecule is Cc1cc(Oc2c(F)cccc2F)ncc1-n1ncc(C(=O)c2cc3c4c(ccc3[nH]2)CN(C(=O)C2CNC2)CC4)c1N. The summed E-state index contributed by atoms with van der Waals surface area (Å²) in [5, 5.41) is 8.43. The highest BCUT2D eigenvalue weighted by Gasteiger charge is 2.32. The number of aryl methyl sites for hydroxylation is 1. The number of hydrogen-bond donors (Lipinski definition) is 3. The van der Waals surface area contributed by atoms with Crippen molar-refractivity contribution in [2.75, 3.05) is 25.4 Å². The Morgan fingerprint density at radius 2 is 1.88 bits per heavy atom. The van der Waals surface area contributed by atoms with E-state index >= 15 is 0 Å². The molecule has 0 radical (unpaired) electrons. The zero-order valence-electron chi connectivity index (χ0n) is 23.2. The molecule has 0 spiro atoms. The summed E-state index contributed by atoms with van der Waals surface area (Å²) >= 11 is 0. The lowest BCUT2D eigenvalue weighted by Gasteiger charge is -2.35. The standard InChI is InChI=1S/C31H27F2N7O3/c1-16-9-27(43-29-22(32)3-2-4-23(29)33)36-14-26(16)40-30(34)21(13-37-40)28(41)25-10-20-19-7-8-39(31(42)18-11-35-12-18)15-17(19)5-6-24(20)38-25/h2-6,9-10,13-14,18,35,38H,7-8,11-12,15,34H2,1H3. The molecule has 1 amide bonds. The Bertz CT molecular complexity index is 1910. The van der Waals surface area contributed by atoms with Gasteiger partial charge in [-0.05, 0) is 54.3 Å². The molecular weight excluding hydrogens is 556 g/mol. The second-order valence-electron chi connectivity index (χ2n) is 10.9. The molecule has 3 aromatic heterocycles. The minimum Gasteiger partial charge on any atom is -0.433 e. The minimum atomic E-state index is -0.848. The van der Waals surface area contributed by atoms with Crippen LogP contribution in [-0.4, -0.2) is 56.0 Å². The van der Waals surface area contributed by atoms with Crippen LogP contribution in [0.15, 0.2) is 54.9 Å². The van der Waals surface area contributed by atoms with Crippen LogP contribution in [0.5, 0.6) is 11.6 Å². The molecule has 43 heavy (non-hydrogen) atoms. The average Bonchev–Trinajstić information content (AvgIpc) is 3.57. The molecule has 1 fully saturated rings. The van der Waals surface area contributed by atoms with Crippen LogP contribution in [0.25, 0.3) is 16.6 Å². The molecular formula is C31H27F2N7O3. The lowest BCUT2D eigenvalue weighted by atomic mass is 9.94. The number of aromatic amines is 1. The molecule has 0 saturated carbocycles. The number of hydrogen-bond acceptors (Lipinski definition) is 7. The van der Waals surface area contributed by atoms with Crippen molar-refractivity contribution in [3.05, 3.63) is 94.4 Å². The topological polar surface area (TPSA) is 131 Å². The molecule has 5 heterocycles. The number of nitrogens with zero attached hydrogens (tertiary/aromatic N) is 4. The van der Waals surface area contributed by atoms with Crippen LogP contribution in [0, 0.1) is 24.5 Å². The fraction of sp³-hybridized carbons (Fsp3) is 0.226. The van der Waals surface area contributed by atoms with Gasteiger partial charge in [0.05, 0.1) is 35.3 Å². The maximum absolute atomic E-state index is 14.0. The number of nitrogen functional groups attached to an aromatic ring is 1. The van der Waals surface area contributed by atoms with Crippen molar-refractivity contribution in [3.8, 4) is 17.3 Å². The number of halogens is 2. The predicted molar refractivity (Wildman–Crippen MR) is 154 cm³/mol. The molecule has 12 heteroatoms. The number of fused-ring (bicyclic) bond motifs is 3. The Labute approximate surface area is 244 Å². The van der Waals surface area contributed by atoms with Crippen molar-refractivity contribution < 1.29 is 23.1 Å². The molecule has 0 bridgehead atoms. The summed E-state index contributed by atoms with van der Waals surface area (Å²) in [4.78, 5) is 35.6. The average molecular weight is 584 g/mol. The van der Waals surface area contributed by atoms with Crippen molar-refractivity contribution in [1.82, 2.24) is 30.0 Å². The molecule has 218 valence electrons. The Morgan fingerprint density at radius 3 is 2.60 bits per heavy atom. The number of nitrogens with two attached hydrogens (primary N) is 1. The number of amides is 1. The van der Waals surface area contributed by atoms with Crippen LogP contribution in [-0.2, 0) is 17.8 Å². The Hall–Kier alpha value is -5.10. The summed E-state index contributed by atoms with van der Waals surface area (Å²) in [6, 6.07) is 10.7. The van der Waals surface area contributed by atoms with Crippen molar-refractivity contribution in [3.63, 3.8) is 0 Å². The van der Waals surface area contributed by atoms with Crippen molar-refractivity contribution in [2.24, 2.45) is 5.92 Å². The van der Waals surface area contributed by atoms with Gasteiger partial charge in [0.2, 0.25) is 23.3 Å². The summed E-state index contributed by atoms with van der Waals surface area (Å²) < 4.78 is 34.8. The summed E-state index contributed by atoms with van der Waals surface area (Å²) in [6.07, 6.45) is 3.52. The third-order valence-corrected chi connectivity index (χ3v) is 8.15. The number of para-hydroxylation sites is 1. The van der Waals surface area contributed by atoms with E-state index in [0.29, 0.717) is 36.5 Å². The smallest absolute Gasteiger partial charge is 0.228 e. The molecule has 0 atom stereocenters. The summed E-state index contributed by atoms with van der Waals surface area (Å²) in [7, 11) is 0. The second-order valence-corrected chi connectivity index (χ2v) is 10.9. The Balaban J connectivity index is 1.13. The predicted octanol–water partition coefficient (Wildman–Crippen LogP) is 4.04. The summed E-state index contributed by atoms with van der Waals surface area (Å²) in [5.41, 5.74) is 11.1. The Morgan fingerprint density at radius 1 is 1.09 bits per heavy atom. The monoisotopic (exact) mass is 583 g/mol. The molecule has 5 aromatic rings. The van der Waals surface area contributed by atoms with E-state index in [-0.39, 0.29) is 34.9 Å². The van der Waals surface area contributed by atoms with Gasteiger partial charge in [-0.3, -0.25) is 9.59 Å². The molecule has 2 aliphatic rings. The number of ether oxygens (including phenoxy) is 1. The largest absolute Gasteiger partial charge is 0.433 e. The van der Waals surface area contributed by atoms with E-state index in [1.807, 2.05) is 23.1 Å². The molecule has 10 nitrogen and oxygen atoms in total. The molecule has 1 saturated heterocycles. The molecule has 2 aromatic carbocycles. The third kappa shape index (κ3) is 4.59. The first kappa shape index (κ1) is 26.8. The van der Waals surface area contributed by atoms with Gasteiger partial charge in [0.25, 0.3) is 0 Å². The number of carbonyl (C=O) groups is 2. The molecule has 4 N–H and O–H groups in total. The zero-order chi connectivity index (χ0) is 29.8. The van der Waals surface area contributed by atoms with Gasteiger partial charge < -0.3 is 25.7 Å². The number of H-pyrrole nitrogens is 1. The zero-order valence-corrected chi connectivity index (χ0v) is 23.2. The first-order chi connectivity index (χ1) is 20.8. The molecule has 0 aliphatic carbocycles. The van der Waals surface area contributed by atoms with Crippen LogP contribution < -0.4 is 15.8 Å². The molecule has 7 rings (SSSR count). The molecule has 0 unspecified atom stereocenters. The highest BCUT2D eigenvalue weighted by Crippen LogP contribution is 2.32. The van der Waals surface area contributed by atoms with E-state index in [2.05, 4.69) is 20.4 Å². The minimum absolute atomic E-state index is 0.0128. The van der Waals surface area contributed by atoms with Crippen LogP contribution in [0.2, 0.25) is 0 Å². The highest BCUT2D eigenvalue weighted by molar-refractivity contribution is 6.12. The first-order valence-corrected chi connectivity index (χ1v) is 13.9. The van der Waals surface area contributed by atoms with Crippen LogP contribution in [0.3, 0.4) is 0 Å². The lowest BCUT2D eigenvalue weighted by molar-refractivity contribution is -0.138. The maximum Gasteiger partial charge on any atom is 0.228 e. The third-order valence-electron chi connectivity index (χ3n) is 8.15. The van der Waals surface area contributed by atoms with Crippen LogP contribution in [0.4, 0.5) is 14.6 Å². The van der Waals surface area contributed by atoms with Gasteiger partial charge in [0, 0.05) is 43.1 Å². The molecule has 2 aliphatic heterocycles. The number of anilines is 1. The summed E-state index contributed by atoms with van der Waals surface area (Å²) in [6.45, 7) is 4.40. The van der Waals surface area contributed by atoms with E-state index in [4.69, 9.17) is 10.5 Å². The van der Waals surface area contributed by atoms with E-state index in [1.54, 1.807) is 6.92 Å². The quantitative estimate of drug-likeness (QED) is 0.257. The fourth-order valence-corrected chi connectivity index (χ4v) is 5.67. The number of nitrogens with one attached hydrogen (secondary N) is 2. The van der Waals surface area contributed by atoms with Gasteiger partial charge in [-0.25, -0.2) is 18.4 Å². The normalized spacial score (nSPS) is 14.9. The van der Waals surface area contributed by atoms with Crippen LogP contribution >= 0.6 is 0 Å². The number of benzene rings is 2. The van der Waals surface area contributed by atoms with Gasteiger partial charge in [0.1, 0.15) is 5.82 Å². The van der Waals surface area contributed by atoms with Gasteiger partial charge in [0.15, 0.2) is 11.6 Å². The van der Waals surface area contributed by atoms with Gasteiger partial charge >= 0.3 is 0 Å². The summed E-state index contributed by atoms with van der Waals surface area (Å²) in [5.74, 6) is -2.22. The second kappa shape index (κ2) is 10.3. The number of rotatable bonds is 6. The van der Waals surface area contributed by atoms with Crippen molar-refractivity contribution >= 4 is 28.4 Å². The van der Waals surface area contributed by atoms with Crippen molar-refractivity contribution in [1.29, 1.82) is 0 Å². The number of ketones is 1. The van der Waals surface area contributed by atoms with Crippen LogP contribution in [0.1, 0.15) is 32.7 Å². The van der Waals surface area contributed by atoms with Gasteiger partial charge in [-0.1, -0.05) is 12.1 Å². The van der Waals surface area contributed by atoms with E-state index in [9.17, 15) is 18.4 Å². The fourth-order valence-electron chi connectivity index (χ4n) is 5.67. The lowest BCUT2D eigenvalue weighted by Crippen LogP contribution is -2.52. The number of carbonyl (C=O) groups excluding carboxylic acids is 2. The van der Waals surface area contributed by atoms with E-state index < -0.39 is 17.4 Å². The highest BCUT2D eigenvalue weighted by atomic mass is 19.1. The number of aromatic nitrogens is 4. The van der Waals surface area contributed by atoms with Gasteiger partial charge in [-0.15, -0.1) is 0 Å². The van der Waals surface area contributed by atoms with E-state index in [1.165, 1.54) is 29.2 Å². The Kier molecular flexibility index (Phi) is 6.42. The van der Waals surface area contributed by atoms with Gasteiger partial charge in [-0.2, -0.15) is 5.10 Å².